The van der Waals surface area contributed by atoms with Crippen LogP contribution >= 0.6 is 22.9 Å². The first kappa shape index (κ1) is 11.9. The highest BCUT2D eigenvalue weighted by Crippen LogP contribution is 2.29. The van der Waals surface area contributed by atoms with Crippen molar-refractivity contribution in [1.29, 1.82) is 0 Å². The zero-order valence-corrected chi connectivity index (χ0v) is 10.8. The van der Waals surface area contributed by atoms with E-state index >= 15 is 0 Å². The molecule has 3 nitrogen and oxygen atoms in total. The molecule has 2 rings (SSSR count). The molecule has 0 aromatic carbocycles. The van der Waals surface area contributed by atoms with Gasteiger partial charge in [-0.2, -0.15) is 0 Å². The third-order valence-electron chi connectivity index (χ3n) is 2.89. The second kappa shape index (κ2) is 5.17. The number of nitrogens with one attached hydrogen (secondary N) is 1. The number of nitrogens with zero attached hydrogens (tertiary/aromatic N) is 1. The number of amides is 1. The summed E-state index contributed by atoms with van der Waals surface area (Å²) in [6, 6.07) is 3.71. The third kappa shape index (κ3) is 2.75. The second-order valence-electron chi connectivity index (χ2n) is 4.09. The number of thiophene rings is 1. The fraction of sp³-hybridized carbons (Fsp3) is 0.545. The van der Waals surface area contributed by atoms with Crippen LogP contribution in [0.2, 0.25) is 4.34 Å². The van der Waals surface area contributed by atoms with E-state index in [1.54, 1.807) is 4.90 Å². The fourth-order valence-corrected chi connectivity index (χ4v) is 2.89. The van der Waals surface area contributed by atoms with Gasteiger partial charge in [0.2, 0.25) is 5.91 Å². The van der Waals surface area contributed by atoms with E-state index in [9.17, 15) is 4.79 Å². The Labute approximate surface area is 104 Å². The molecule has 88 valence electrons. The van der Waals surface area contributed by atoms with E-state index in [1.165, 1.54) is 11.3 Å². The van der Waals surface area contributed by atoms with E-state index in [-0.39, 0.29) is 5.91 Å². The number of carbonyl (C=O) groups is 1. The van der Waals surface area contributed by atoms with Crippen LogP contribution in [0.1, 0.15) is 12.8 Å². The second-order valence-corrected chi connectivity index (χ2v) is 5.79. The number of rotatable bonds is 3. The Morgan fingerprint density at radius 1 is 1.69 bits per heavy atom. The number of hydrogen-bond donors (Lipinski definition) is 1. The predicted octanol–water partition coefficient (Wildman–Crippen LogP) is 2.36. The van der Waals surface area contributed by atoms with Crippen LogP contribution in [0, 0.1) is 5.92 Å². The molecular weight excluding hydrogens is 244 g/mol. The molecule has 0 spiro atoms. The minimum Gasteiger partial charge on any atom is -0.316 e. The molecule has 0 saturated carbocycles. The summed E-state index contributed by atoms with van der Waals surface area (Å²) in [4.78, 5) is 13.7. The number of carbonyl (C=O) groups excluding carboxylic acids is 1. The molecule has 1 aliphatic heterocycles. The zero-order chi connectivity index (χ0) is 11.5. The summed E-state index contributed by atoms with van der Waals surface area (Å²) >= 11 is 7.29. The van der Waals surface area contributed by atoms with Crippen molar-refractivity contribution < 1.29 is 4.79 Å². The molecule has 16 heavy (non-hydrogen) atoms. The molecular formula is C11H15ClN2OS. The van der Waals surface area contributed by atoms with Crippen LogP contribution in [0.15, 0.2) is 12.1 Å². The van der Waals surface area contributed by atoms with Crippen LogP contribution in [0.25, 0.3) is 0 Å². The van der Waals surface area contributed by atoms with Gasteiger partial charge in [0.1, 0.15) is 0 Å². The van der Waals surface area contributed by atoms with Gasteiger partial charge in [0.15, 0.2) is 0 Å². The Kier molecular flexibility index (Phi) is 3.84. The van der Waals surface area contributed by atoms with Crippen LogP contribution in [0.5, 0.6) is 0 Å². The number of halogens is 1. The first-order chi connectivity index (χ1) is 7.66. The number of anilines is 1. The van der Waals surface area contributed by atoms with E-state index in [0.29, 0.717) is 12.3 Å². The lowest BCUT2D eigenvalue weighted by Crippen LogP contribution is -2.28. The van der Waals surface area contributed by atoms with E-state index in [2.05, 4.69) is 5.32 Å². The van der Waals surface area contributed by atoms with E-state index in [0.717, 1.165) is 28.8 Å². The molecule has 1 amide bonds. The van der Waals surface area contributed by atoms with Gasteiger partial charge >= 0.3 is 0 Å². The van der Waals surface area contributed by atoms with Crippen LogP contribution in [0.4, 0.5) is 5.00 Å². The minimum absolute atomic E-state index is 0.173. The summed E-state index contributed by atoms with van der Waals surface area (Å²) < 4.78 is 0.720. The van der Waals surface area contributed by atoms with Crippen LogP contribution in [-0.4, -0.2) is 26.0 Å². The standard InChI is InChI=1S/C11H15ClN2OS/c1-14(11-3-2-9(12)16-11)10(15)6-8-4-5-13-7-8/h2-3,8,13H,4-7H2,1H3. The highest BCUT2D eigenvalue weighted by Gasteiger charge is 2.21. The molecule has 0 bridgehead atoms. The Bertz CT molecular complexity index is 374. The van der Waals surface area contributed by atoms with Gasteiger partial charge in [0.25, 0.3) is 0 Å². The van der Waals surface area contributed by atoms with Gasteiger partial charge in [-0.3, -0.25) is 4.79 Å². The minimum atomic E-state index is 0.173. The van der Waals surface area contributed by atoms with Gasteiger partial charge in [-0.15, -0.1) is 11.3 Å². The molecule has 1 fully saturated rings. The lowest BCUT2D eigenvalue weighted by Gasteiger charge is -2.17. The molecule has 0 radical (unpaired) electrons. The zero-order valence-electron chi connectivity index (χ0n) is 9.20. The summed E-state index contributed by atoms with van der Waals surface area (Å²) in [6.07, 6.45) is 1.73. The van der Waals surface area contributed by atoms with Crippen LogP contribution in [-0.2, 0) is 4.79 Å². The summed E-state index contributed by atoms with van der Waals surface area (Å²) in [5, 5.41) is 4.19. The third-order valence-corrected chi connectivity index (χ3v) is 4.20. The fourth-order valence-electron chi connectivity index (χ4n) is 1.88. The molecule has 1 aromatic heterocycles. The molecule has 5 heteroatoms. The van der Waals surface area contributed by atoms with E-state index < -0.39 is 0 Å². The van der Waals surface area contributed by atoms with Crippen molar-refractivity contribution in [2.75, 3.05) is 25.0 Å². The van der Waals surface area contributed by atoms with Gasteiger partial charge in [0.05, 0.1) is 9.34 Å². The SMILES string of the molecule is CN(C(=O)CC1CCNC1)c1ccc(Cl)s1. The normalized spacial score (nSPS) is 20.0. The van der Waals surface area contributed by atoms with Crippen LogP contribution in [0.3, 0.4) is 0 Å². The van der Waals surface area contributed by atoms with Crippen molar-refractivity contribution in [1.82, 2.24) is 5.32 Å². The largest absolute Gasteiger partial charge is 0.316 e. The van der Waals surface area contributed by atoms with Gasteiger partial charge in [-0.1, -0.05) is 11.6 Å². The van der Waals surface area contributed by atoms with Gasteiger partial charge in [-0.05, 0) is 37.6 Å². The van der Waals surface area contributed by atoms with Crippen molar-refractivity contribution in [3.8, 4) is 0 Å². The quantitative estimate of drug-likeness (QED) is 0.903. The summed E-state index contributed by atoms with van der Waals surface area (Å²) in [5.74, 6) is 0.664. The van der Waals surface area contributed by atoms with Crippen molar-refractivity contribution in [2.45, 2.75) is 12.8 Å². The molecule has 1 atom stereocenters. The van der Waals surface area contributed by atoms with Crippen molar-refractivity contribution in [3.63, 3.8) is 0 Å². The first-order valence-electron chi connectivity index (χ1n) is 5.39. The molecule has 0 aliphatic carbocycles. The molecule has 1 saturated heterocycles. The topological polar surface area (TPSA) is 32.3 Å². The summed E-state index contributed by atoms with van der Waals surface area (Å²) in [6.45, 7) is 2.00. The molecule has 1 N–H and O–H groups in total. The monoisotopic (exact) mass is 258 g/mol. The lowest BCUT2D eigenvalue weighted by atomic mass is 10.0. The van der Waals surface area contributed by atoms with E-state index in [4.69, 9.17) is 11.6 Å². The average Bonchev–Trinajstić information content (AvgIpc) is 2.88. The Hall–Kier alpha value is -0.580. The molecule has 1 unspecified atom stereocenters. The maximum Gasteiger partial charge on any atom is 0.227 e. The molecule has 1 aromatic rings. The van der Waals surface area contributed by atoms with Crippen molar-refractivity contribution in [3.05, 3.63) is 16.5 Å². The van der Waals surface area contributed by atoms with E-state index in [1.807, 2.05) is 19.2 Å². The van der Waals surface area contributed by atoms with Crippen molar-refractivity contribution >= 4 is 33.8 Å². The molecule has 2 heterocycles. The Morgan fingerprint density at radius 2 is 2.50 bits per heavy atom. The highest BCUT2D eigenvalue weighted by molar-refractivity contribution is 7.20. The average molecular weight is 259 g/mol. The smallest absolute Gasteiger partial charge is 0.227 e. The highest BCUT2D eigenvalue weighted by atomic mass is 35.5. The van der Waals surface area contributed by atoms with Gasteiger partial charge in [-0.25, -0.2) is 0 Å². The first-order valence-corrected chi connectivity index (χ1v) is 6.59. The Balaban J connectivity index is 1.93. The maximum absolute atomic E-state index is 12.0. The van der Waals surface area contributed by atoms with Gasteiger partial charge < -0.3 is 10.2 Å². The van der Waals surface area contributed by atoms with Crippen LogP contribution < -0.4 is 10.2 Å². The lowest BCUT2D eigenvalue weighted by molar-refractivity contribution is -0.119. The van der Waals surface area contributed by atoms with Gasteiger partial charge in [0, 0.05) is 13.5 Å². The Morgan fingerprint density at radius 3 is 3.06 bits per heavy atom. The summed E-state index contributed by atoms with van der Waals surface area (Å²) in [7, 11) is 1.81. The molecule has 1 aliphatic rings. The maximum atomic E-state index is 12.0. The summed E-state index contributed by atoms with van der Waals surface area (Å²) in [5.41, 5.74) is 0. The number of hydrogen-bond acceptors (Lipinski definition) is 3. The predicted molar refractivity (Wildman–Crippen MR) is 68.3 cm³/mol. The van der Waals surface area contributed by atoms with Crippen molar-refractivity contribution in [2.24, 2.45) is 5.92 Å².